The number of aryl methyl sites for hydroxylation is 1. The van der Waals surface area contributed by atoms with Gasteiger partial charge in [0.1, 0.15) is 10.8 Å². The van der Waals surface area contributed by atoms with Crippen molar-refractivity contribution in [3.05, 3.63) is 46.4 Å². The third-order valence-corrected chi connectivity index (χ3v) is 3.81. The molecule has 1 aromatic heterocycles. The Morgan fingerprint density at radius 1 is 1.45 bits per heavy atom. The Morgan fingerprint density at radius 3 is 3.00 bits per heavy atom. The highest BCUT2D eigenvalue weighted by Crippen LogP contribution is 2.15. The zero-order valence-electron chi connectivity index (χ0n) is 11.7. The summed E-state index contributed by atoms with van der Waals surface area (Å²) in [6.45, 7) is 0.578. The number of aromatic nitrogens is 1. The zero-order valence-corrected chi connectivity index (χ0v) is 12.5. The predicted octanol–water partition coefficient (Wildman–Crippen LogP) is 2.74. The zero-order chi connectivity index (χ0) is 14.4. The van der Waals surface area contributed by atoms with E-state index in [0.717, 1.165) is 22.7 Å². The molecule has 0 N–H and O–H groups in total. The Kier molecular flexibility index (Phi) is 5.12. The molecule has 0 saturated heterocycles. The molecule has 0 aliphatic rings. The highest BCUT2D eigenvalue weighted by Gasteiger charge is 2.10. The largest absolute Gasteiger partial charge is 0.497 e. The first-order chi connectivity index (χ1) is 9.69. The molecule has 1 heterocycles. The van der Waals surface area contributed by atoms with E-state index >= 15 is 0 Å². The number of benzene rings is 1. The summed E-state index contributed by atoms with van der Waals surface area (Å²) in [5.41, 5.74) is 1.11. The van der Waals surface area contributed by atoms with Crippen molar-refractivity contribution >= 4 is 17.2 Å². The molecule has 0 atom stereocenters. The van der Waals surface area contributed by atoms with Gasteiger partial charge in [-0.25, -0.2) is 4.98 Å². The molecule has 1 amide bonds. The molecule has 0 unspecified atom stereocenters. The number of amides is 1. The van der Waals surface area contributed by atoms with Crippen molar-refractivity contribution in [2.24, 2.45) is 0 Å². The number of carbonyl (C=O) groups is 1. The van der Waals surface area contributed by atoms with Gasteiger partial charge in [-0.3, -0.25) is 4.79 Å². The fraction of sp³-hybridized carbons (Fsp3) is 0.333. The second-order valence-electron chi connectivity index (χ2n) is 4.53. The van der Waals surface area contributed by atoms with Crippen LogP contribution in [0.3, 0.4) is 0 Å². The maximum Gasteiger partial charge on any atom is 0.223 e. The Bertz CT molecular complexity index is 555. The molecule has 4 nitrogen and oxygen atoms in total. The van der Waals surface area contributed by atoms with E-state index in [1.165, 1.54) is 0 Å². The SMILES string of the molecule is COc1cccc(CCC(=O)N(C)Cc2nccs2)c1. The first-order valence-electron chi connectivity index (χ1n) is 6.44. The minimum Gasteiger partial charge on any atom is -0.497 e. The number of methoxy groups -OCH3 is 1. The van der Waals surface area contributed by atoms with Gasteiger partial charge in [0.25, 0.3) is 0 Å². The van der Waals surface area contributed by atoms with Crippen LogP contribution in [0.5, 0.6) is 5.75 Å². The lowest BCUT2D eigenvalue weighted by atomic mass is 10.1. The maximum absolute atomic E-state index is 12.1. The van der Waals surface area contributed by atoms with E-state index in [9.17, 15) is 4.79 Å². The van der Waals surface area contributed by atoms with Crippen LogP contribution in [0.25, 0.3) is 0 Å². The molecular formula is C15H18N2O2S. The number of carbonyl (C=O) groups excluding carboxylic acids is 1. The smallest absolute Gasteiger partial charge is 0.223 e. The van der Waals surface area contributed by atoms with Crippen LogP contribution in [0, 0.1) is 0 Å². The van der Waals surface area contributed by atoms with Crippen molar-refractivity contribution in [3.63, 3.8) is 0 Å². The molecule has 0 saturated carbocycles. The Hall–Kier alpha value is -1.88. The highest BCUT2D eigenvalue weighted by atomic mass is 32.1. The average molecular weight is 290 g/mol. The maximum atomic E-state index is 12.1. The number of hydrogen-bond donors (Lipinski definition) is 0. The highest BCUT2D eigenvalue weighted by molar-refractivity contribution is 7.09. The molecule has 0 spiro atoms. The number of hydrogen-bond acceptors (Lipinski definition) is 4. The molecule has 2 rings (SSSR count). The van der Waals surface area contributed by atoms with Crippen LogP contribution >= 0.6 is 11.3 Å². The summed E-state index contributed by atoms with van der Waals surface area (Å²) in [5, 5.41) is 2.88. The molecule has 1 aromatic carbocycles. The van der Waals surface area contributed by atoms with E-state index in [0.29, 0.717) is 13.0 Å². The van der Waals surface area contributed by atoms with Crippen LogP contribution in [-0.4, -0.2) is 29.9 Å². The summed E-state index contributed by atoms with van der Waals surface area (Å²) in [7, 11) is 3.46. The predicted molar refractivity (Wildman–Crippen MR) is 79.9 cm³/mol. The fourth-order valence-corrected chi connectivity index (χ4v) is 2.56. The molecule has 0 aliphatic heterocycles. The van der Waals surface area contributed by atoms with E-state index in [4.69, 9.17) is 4.74 Å². The lowest BCUT2D eigenvalue weighted by Crippen LogP contribution is -2.26. The van der Waals surface area contributed by atoms with Crippen LogP contribution in [0.1, 0.15) is 17.0 Å². The lowest BCUT2D eigenvalue weighted by Gasteiger charge is -2.15. The summed E-state index contributed by atoms with van der Waals surface area (Å²) in [5.74, 6) is 0.953. The Balaban J connectivity index is 1.84. The van der Waals surface area contributed by atoms with Gasteiger partial charge < -0.3 is 9.64 Å². The fourth-order valence-electron chi connectivity index (χ4n) is 1.89. The number of nitrogens with zero attached hydrogens (tertiary/aromatic N) is 2. The second-order valence-corrected chi connectivity index (χ2v) is 5.51. The standard InChI is InChI=1S/C15H18N2O2S/c1-17(11-14-16-8-9-20-14)15(18)7-6-12-4-3-5-13(10-12)19-2/h3-5,8-10H,6-7,11H2,1-2H3. The van der Waals surface area contributed by atoms with Crippen LogP contribution in [0.2, 0.25) is 0 Å². The molecular weight excluding hydrogens is 272 g/mol. The van der Waals surface area contributed by atoms with E-state index < -0.39 is 0 Å². The molecule has 5 heteroatoms. The number of thiazole rings is 1. The van der Waals surface area contributed by atoms with Gasteiger partial charge in [0.15, 0.2) is 0 Å². The van der Waals surface area contributed by atoms with Gasteiger partial charge in [-0.05, 0) is 24.1 Å². The average Bonchev–Trinajstić information content (AvgIpc) is 2.97. The molecule has 0 radical (unpaired) electrons. The van der Waals surface area contributed by atoms with Gasteiger partial charge in [-0.2, -0.15) is 0 Å². The normalized spacial score (nSPS) is 10.3. The van der Waals surface area contributed by atoms with Crippen LogP contribution in [0.4, 0.5) is 0 Å². The quantitative estimate of drug-likeness (QED) is 0.821. The number of ether oxygens (including phenoxy) is 1. The molecule has 0 fully saturated rings. The van der Waals surface area contributed by atoms with E-state index in [1.807, 2.05) is 36.7 Å². The van der Waals surface area contributed by atoms with E-state index in [1.54, 1.807) is 29.5 Å². The third kappa shape index (κ3) is 4.06. The van der Waals surface area contributed by atoms with Crippen LogP contribution < -0.4 is 4.74 Å². The van der Waals surface area contributed by atoms with E-state index in [-0.39, 0.29) is 5.91 Å². The van der Waals surface area contributed by atoms with Gasteiger partial charge in [0, 0.05) is 25.0 Å². The van der Waals surface area contributed by atoms with Gasteiger partial charge >= 0.3 is 0 Å². The van der Waals surface area contributed by atoms with Crippen molar-refractivity contribution < 1.29 is 9.53 Å². The van der Waals surface area contributed by atoms with Gasteiger partial charge in [0.05, 0.1) is 13.7 Å². The summed E-state index contributed by atoms with van der Waals surface area (Å²) in [4.78, 5) is 18.0. The first-order valence-corrected chi connectivity index (χ1v) is 7.32. The second kappa shape index (κ2) is 7.05. The summed E-state index contributed by atoms with van der Waals surface area (Å²) < 4.78 is 5.18. The van der Waals surface area contributed by atoms with Crippen LogP contribution in [-0.2, 0) is 17.8 Å². The van der Waals surface area contributed by atoms with E-state index in [2.05, 4.69) is 4.98 Å². The van der Waals surface area contributed by atoms with Crippen molar-refractivity contribution in [3.8, 4) is 5.75 Å². The molecule has 2 aromatic rings. The first kappa shape index (κ1) is 14.5. The minimum absolute atomic E-state index is 0.128. The van der Waals surface area contributed by atoms with Crippen molar-refractivity contribution in [2.45, 2.75) is 19.4 Å². The summed E-state index contributed by atoms with van der Waals surface area (Å²) >= 11 is 1.57. The molecule has 0 aliphatic carbocycles. The summed E-state index contributed by atoms with van der Waals surface area (Å²) in [6, 6.07) is 7.82. The van der Waals surface area contributed by atoms with Gasteiger partial charge in [0.2, 0.25) is 5.91 Å². The molecule has 106 valence electrons. The van der Waals surface area contributed by atoms with Gasteiger partial charge in [-0.15, -0.1) is 11.3 Å². The van der Waals surface area contributed by atoms with Crippen molar-refractivity contribution in [1.82, 2.24) is 9.88 Å². The lowest BCUT2D eigenvalue weighted by molar-refractivity contribution is -0.130. The number of rotatable bonds is 6. The Labute approximate surface area is 123 Å². The molecule has 20 heavy (non-hydrogen) atoms. The van der Waals surface area contributed by atoms with Crippen molar-refractivity contribution in [2.75, 3.05) is 14.2 Å². The minimum atomic E-state index is 0.128. The summed E-state index contributed by atoms with van der Waals surface area (Å²) in [6.07, 6.45) is 2.97. The van der Waals surface area contributed by atoms with Gasteiger partial charge in [-0.1, -0.05) is 12.1 Å². The Morgan fingerprint density at radius 2 is 2.30 bits per heavy atom. The monoisotopic (exact) mass is 290 g/mol. The van der Waals surface area contributed by atoms with Crippen LogP contribution in [0.15, 0.2) is 35.8 Å². The molecule has 0 bridgehead atoms. The third-order valence-electron chi connectivity index (χ3n) is 3.04. The topological polar surface area (TPSA) is 42.4 Å². The van der Waals surface area contributed by atoms with Crippen molar-refractivity contribution in [1.29, 1.82) is 0 Å².